The summed E-state index contributed by atoms with van der Waals surface area (Å²) in [5.74, 6) is 0.802. The van der Waals surface area contributed by atoms with Gasteiger partial charge in [0, 0.05) is 26.1 Å². The van der Waals surface area contributed by atoms with Gasteiger partial charge >= 0.3 is 0 Å². The zero-order chi connectivity index (χ0) is 22.6. The number of sulfonamides is 1. The van der Waals surface area contributed by atoms with Gasteiger partial charge in [-0.3, -0.25) is 4.79 Å². The van der Waals surface area contributed by atoms with Gasteiger partial charge in [0.05, 0.1) is 18.8 Å². The van der Waals surface area contributed by atoms with E-state index >= 15 is 0 Å². The van der Waals surface area contributed by atoms with Crippen molar-refractivity contribution < 1.29 is 22.7 Å². The van der Waals surface area contributed by atoms with Gasteiger partial charge in [-0.25, -0.2) is 8.42 Å². The van der Waals surface area contributed by atoms with Crippen LogP contribution in [0.15, 0.2) is 46.0 Å². The number of carbonyl (C=O) groups excluding carboxylic acids is 1. The highest BCUT2D eigenvalue weighted by atomic mass is 32.2. The first-order chi connectivity index (χ1) is 15.4. The molecule has 1 unspecified atom stereocenters. The fourth-order valence-electron chi connectivity index (χ4n) is 4.48. The first kappa shape index (κ1) is 23.2. The van der Waals surface area contributed by atoms with E-state index in [0.717, 1.165) is 24.2 Å². The van der Waals surface area contributed by atoms with E-state index in [1.165, 1.54) is 11.3 Å². The number of hydrogen-bond acceptors (Lipinski definition) is 6. The number of nitrogens with zero attached hydrogens (tertiary/aromatic N) is 1. The van der Waals surface area contributed by atoms with Gasteiger partial charge in [-0.2, -0.15) is 4.31 Å². The number of methoxy groups -OCH3 is 1. The molecule has 174 valence electrons. The molecule has 2 aliphatic heterocycles. The number of ether oxygens (including phenoxy) is 2. The highest BCUT2D eigenvalue weighted by Gasteiger charge is 2.44. The molecule has 9 heteroatoms. The van der Waals surface area contributed by atoms with Crippen LogP contribution in [0.4, 0.5) is 0 Å². The zero-order valence-electron chi connectivity index (χ0n) is 18.3. The van der Waals surface area contributed by atoms with Crippen molar-refractivity contribution in [3.05, 3.63) is 47.3 Å². The van der Waals surface area contributed by atoms with E-state index in [1.54, 1.807) is 28.9 Å². The number of benzene rings is 1. The van der Waals surface area contributed by atoms with E-state index in [-0.39, 0.29) is 17.6 Å². The van der Waals surface area contributed by atoms with E-state index in [1.807, 2.05) is 24.3 Å². The lowest BCUT2D eigenvalue weighted by Gasteiger charge is -2.38. The minimum Gasteiger partial charge on any atom is -0.497 e. The van der Waals surface area contributed by atoms with Crippen LogP contribution in [0.3, 0.4) is 0 Å². The standard InChI is InChI=1S/C23H30N2O5S2/c1-29-19-5-2-4-18(16-19)7-8-21(26)24-17-20-9-10-23(30-20)11-13-25(14-12-23)32(27,28)22-6-3-15-31-22/h2-6,15-16,20H,7-14,17H2,1H3,(H,24,26). The van der Waals surface area contributed by atoms with Crippen LogP contribution in [0.25, 0.3) is 0 Å². The molecule has 4 rings (SSSR count). The Kier molecular flexibility index (Phi) is 7.19. The molecule has 1 atom stereocenters. The molecule has 1 aromatic carbocycles. The minimum absolute atomic E-state index is 0.00855. The number of carbonyl (C=O) groups is 1. The monoisotopic (exact) mass is 478 g/mol. The smallest absolute Gasteiger partial charge is 0.252 e. The third-order valence-corrected chi connectivity index (χ3v) is 9.63. The highest BCUT2D eigenvalue weighted by Crippen LogP contribution is 2.40. The third kappa shape index (κ3) is 5.33. The molecule has 0 saturated carbocycles. The van der Waals surface area contributed by atoms with Crippen molar-refractivity contribution in [2.24, 2.45) is 0 Å². The van der Waals surface area contributed by atoms with Gasteiger partial charge in [0.2, 0.25) is 5.91 Å². The molecule has 2 saturated heterocycles. The topological polar surface area (TPSA) is 84.9 Å². The lowest BCUT2D eigenvalue weighted by Crippen LogP contribution is -2.47. The molecule has 7 nitrogen and oxygen atoms in total. The number of piperidine rings is 1. The van der Waals surface area contributed by atoms with Gasteiger partial charge in [-0.05, 0) is 61.2 Å². The number of aryl methyl sites for hydroxylation is 1. The van der Waals surface area contributed by atoms with Crippen LogP contribution in [0.1, 0.15) is 37.7 Å². The van der Waals surface area contributed by atoms with Crippen LogP contribution in [0, 0.1) is 0 Å². The Labute approximate surface area is 193 Å². The zero-order valence-corrected chi connectivity index (χ0v) is 19.9. The van der Waals surface area contributed by atoms with Gasteiger partial charge in [0.1, 0.15) is 9.96 Å². The second-order valence-electron chi connectivity index (χ2n) is 8.45. The minimum atomic E-state index is -3.40. The molecule has 32 heavy (non-hydrogen) atoms. The summed E-state index contributed by atoms with van der Waals surface area (Å²) in [6.45, 7) is 1.44. The Balaban J connectivity index is 1.21. The van der Waals surface area contributed by atoms with E-state index < -0.39 is 10.0 Å². The summed E-state index contributed by atoms with van der Waals surface area (Å²) < 4.78 is 39.0. The van der Waals surface area contributed by atoms with Crippen LogP contribution < -0.4 is 10.1 Å². The number of nitrogens with one attached hydrogen (secondary N) is 1. The van der Waals surface area contributed by atoms with Crippen LogP contribution in [0.5, 0.6) is 5.75 Å². The van der Waals surface area contributed by atoms with E-state index in [2.05, 4.69) is 5.32 Å². The Morgan fingerprint density at radius 3 is 2.78 bits per heavy atom. The largest absolute Gasteiger partial charge is 0.497 e. The maximum atomic E-state index is 12.7. The molecule has 1 N–H and O–H groups in total. The van der Waals surface area contributed by atoms with Crippen LogP contribution in [0.2, 0.25) is 0 Å². The second kappa shape index (κ2) is 9.91. The molecule has 3 heterocycles. The summed E-state index contributed by atoms with van der Waals surface area (Å²) in [7, 11) is -1.77. The summed E-state index contributed by atoms with van der Waals surface area (Å²) in [6.07, 6.45) is 4.23. The van der Waals surface area contributed by atoms with Crippen molar-refractivity contribution in [1.82, 2.24) is 9.62 Å². The molecular formula is C23H30N2O5S2. The molecule has 1 amide bonds. The number of thiophene rings is 1. The van der Waals surface area contributed by atoms with E-state index in [9.17, 15) is 13.2 Å². The summed E-state index contributed by atoms with van der Waals surface area (Å²) in [5.41, 5.74) is 0.803. The van der Waals surface area contributed by atoms with Gasteiger partial charge in [-0.1, -0.05) is 18.2 Å². The van der Waals surface area contributed by atoms with E-state index in [0.29, 0.717) is 49.5 Å². The molecule has 2 aromatic rings. The van der Waals surface area contributed by atoms with Gasteiger partial charge < -0.3 is 14.8 Å². The van der Waals surface area contributed by atoms with Crippen LogP contribution >= 0.6 is 11.3 Å². The number of amides is 1. The highest BCUT2D eigenvalue weighted by molar-refractivity contribution is 7.91. The molecule has 2 aliphatic rings. The molecule has 0 bridgehead atoms. The van der Waals surface area contributed by atoms with Crippen molar-refractivity contribution in [3.8, 4) is 5.75 Å². The first-order valence-corrected chi connectivity index (χ1v) is 13.3. The summed E-state index contributed by atoms with van der Waals surface area (Å²) >= 11 is 1.25. The summed E-state index contributed by atoms with van der Waals surface area (Å²) in [6, 6.07) is 11.2. The molecule has 0 aliphatic carbocycles. The summed E-state index contributed by atoms with van der Waals surface area (Å²) in [4.78, 5) is 12.3. The predicted octanol–water partition coefficient (Wildman–Crippen LogP) is 3.21. The lowest BCUT2D eigenvalue weighted by atomic mass is 9.89. The molecule has 1 aromatic heterocycles. The fourth-order valence-corrected chi connectivity index (χ4v) is 7.07. The molecule has 1 spiro atoms. The Morgan fingerprint density at radius 2 is 2.06 bits per heavy atom. The quantitative estimate of drug-likeness (QED) is 0.630. The van der Waals surface area contributed by atoms with Gasteiger partial charge in [-0.15, -0.1) is 11.3 Å². The van der Waals surface area contributed by atoms with Crippen molar-refractivity contribution in [2.75, 3.05) is 26.7 Å². The third-order valence-electron chi connectivity index (χ3n) is 6.36. The fraction of sp³-hybridized carbons (Fsp3) is 0.522. The molecular weight excluding hydrogens is 448 g/mol. The Morgan fingerprint density at radius 1 is 1.25 bits per heavy atom. The van der Waals surface area contributed by atoms with Crippen molar-refractivity contribution in [3.63, 3.8) is 0 Å². The maximum Gasteiger partial charge on any atom is 0.252 e. The van der Waals surface area contributed by atoms with Crippen LogP contribution in [-0.2, 0) is 26.0 Å². The normalized spacial score (nSPS) is 21.0. The number of rotatable bonds is 8. The Bertz CT molecular complexity index is 1010. The molecule has 2 fully saturated rings. The second-order valence-corrected chi connectivity index (χ2v) is 11.6. The van der Waals surface area contributed by atoms with Crippen molar-refractivity contribution in [2.45, 2.75) is 54.4 Å². The van der Waals surface area contributed by atoms with Crippen LogP contribution in [-0.4, -0.2) is 57.1 Å². The average Bonchev–Trinajstić information content (AvgIpc) is 3.48. The Hall–Kier alpha value is -1.94. The van der Waals surface area contributed by atoms with Crippen molar-refractivity contribution in [1.29, 1.82) is 0 Å². The van der Waals surface area contributed by atoms with Gasteiger partial charge in [0.25, 0.3) is 10.0 Å². The predicted molar refractivity (Wildman–Crippen MR) is 123 cm³/mol. The summed E-state index contributed by atoms with van der Waals surface area (Å²) in [5, 5.41) is 4.78. The van der Waals surface area contributed by atoms with Crippen molar-refractivity contribution >= 4 is 27.3 Å². The average molecular weight is 479 g/mol. The van der Waals surface area contributed by atoms with Gasteiger partial charge in [0.15, 0.2) is 0 Å². The maximum absolute atomic E-state index is 12.7. The lowest BCUT2D eigenvalue weighted by molar-refractivity contribution is -0.122. The first-order valence-electron chi connectivity index (χ1n) is 11.0. The SMILES string of the molecule is COc1cccc(CCC(=O)NCC2CCC3(CCN(S(=O)(=O)c4cccs4)CC3)O2)c1. The number of hydrogen-bond donors (Lipinski definition) is 1. The van der Waals surface area contributed by atoms with E-state index in [4.69, 9.17) is 9.47 Å². The molecule has 0 radical (unpaired) electrons.